The highest BCUT2D eigenvalue weighted by Crippen LogP contribution is 2.18. The summed E-state index contributed by atoms with van der Waals surface area (Å²) in [6.07, 6.45) is 1.48. The highest BCUT2D eigenvalue weighted by Gasteiger charge is 2.17. The molecule has 0 saturated heterocycles. The molecule has 16 heavy (non-hydrogen) atoms. The average molecular weight is 224 g/mol. The van der Waals surface area contributed by atoms with Crippen molar-refractivity contribution >= 4 is 11.9 Å². The summed E-state index contributed by atoms with van der Waals surface area (Å²) in [5, 5.41) is 0. The molecule has 0 aliphatic carbocycles. The maximum absolute atomic E-state index is 11.8. The average Bonchev–Trinajstić information content (AvgIpc) is 2.26. The zero-order valence-electron chi connectivity index (χ0n) is 10.2. The van der Waals surface area contributed by atoms with Crippen molar-refractivity contribution in [2.75, 3.05) is 40.2 Å². The molecule has 0 atom stereocenters. The highest BCUT2D eigenvalue weighted by molar-refractivity contribution is 5.95. The fourth-order valence-electron chi connectivity index (χ4n) is 1.12. The van der Waals surface area contributed by atoms with Crippen LogP contribution < -0.4 is 9.64 Å². The third-order valence-electron chi connectivity index (χ3n) is 1.97. The van der Waals surface area contributed by atoms with E-state index < -0.39 is 0 Å². The first-order valence-electron chi connectivity index (χ1n) is 4.77. The lowest BCUT2D eigenvalue weighted by Gasteiger charge is -2.15. The summed E-state index contributed by atoms with van der Waals surface area (Å²) in [5.74, 6) is 0.617. The molecule has 0 saturated carbocycles. The van der Waals surface area contributed by atoms with Gasteiger partial charge >= 0.3 is 0 Å². The van der Waals surface area contributed by atoms with Crippen LogP contribution in [0.25, 0.3) is 0 Å². The van der Waals surface area contributed by atoms with Crippen molar-refractivity contribution in [2.24, 2.45) is 0 Å². The summed E-state index contributed by atoms with van der Waals surface area (Å²) in [6, 6.07) is 0. The molecule has 0 aliphatic heterocycles. The van der Waals surface area contributed by atoms with Gasteiger partial charge in [-0.2, -0.15) is 4.98 Å². The number of carbonyl (C=O) groups excluding carboxylic acids is 1. The summed E-state index contributed by atoms with van der Waals surface area (Å²) >= 11 is 0. The van der Waals surface area contributed by atoms with Crippen LogP contribution >= 0.6 is 0 Å². The van der Waals surface area contributed by atoms with E-state index in [4.69, 9.17) is 4.74 Å². The Morgan fingerprint density at radius 1 is 1.31 bits per heavy atom. The van der Waals surface area contributed by atoms with Gasteiger partial charge in [-0.25, -0.2) is 4.98 Å². The van der Waals surface area contributed by atoms with Gasteiger partial charge in [0.15, 0.2) is 0 Å². The van der Waals surface area contributed by atoms with Crippen molar-refractivity contribution in [3.8, 4) is 5.88 Å². The lowest BCUT2D eigenvalue weighted by Crippen LogP contribution is -2.23. The first-order valence-corrected chi connectivity index (χ1v) is 4.77. The lowest BCUT2D eigenvalue weighted by atomic mass is 10.3. The summed E-state index contributed by atoms with van der Waals surface area (Å²) in [7, 11) is 8.46. The Morgan fingerprint density at radius 2 is 1.94 bits per heavy atom. The van der Waals surface area contributed by atoms with Gasteiger partial charge in [-0.15, -0.1) is 0 Å². The number of methoxy groups -OCH3 is 1. The zero-order valence-corrected chi connectivity index (χ0v) is 10.2. The van der Waals surface area contributed by atoms with E-state index in [1.165, 1.54) is 18.2 Å². The quantitative estimate of drug-likeness (QED) is 0.736. The Kier molecular flexibility index (Phi) is 3.65. The normalized spacial score (nSPS) is 9.81. The van der Waals surface area contributed by atoms with Crippen LogP contribution in [0.5, 0.6) is 5.88 Å². The summed E-state index contributed by atoms with van der Waals surface area (Å²) < 4.78 is 5.08. The maximum Gasteiger partial charge on any atom is 0.260 e. The second kappa shape index (κ2) is 4.78. The Labute approximate surface area is 94.9 Å². The third kappa shape index (κ3) is 2.39. The largest absolute Gasteiger partial charge is 0.480 e. The molecule has 0 aromatic carbocycles. The van der Waals surface area contributed by atoms with Gasteiger partial charge in [-0.05, 0) is 0 Å². The number of amides is 1. The smallest absolute Gasteiger partial charge is 0.260 e. The molecule has 88 valence electrons. The van der Waals surface area contributed by atoms with Gasteiger partial charge in [0.05, 0.1) is 7.11 Å². The van der Waals surface area contributed by atoms with E-state index in [2.05, 4.69) is 9.97 Å². The first-order chi connectivity index (χ1) is 7.47. The fraction of sp³-hybridized carbons (Fsp3) is 0.500. The monoisotopic (exact) mass is 224 g/mol. The zero-order chi connectivity index (χ0) is 12.3. The number of anilines is 1. The number of hydrogen-bond donors (Lipinski definition) is 0. The van der Waals surface area contributed by atoms with E-state index in [0.717, 1.165) is 0 Å². The summed E-state index contributed by atoms with van der Waals surface area (Å²) in [4.78, 5) is 23.2. The molecule has 0 spiro atoms. The predicted octanol–water partition coefficient (Wildman–Crippen LogP) is 0.253. The van der Waals surface area contributed by atoms with Crippen LogP contribution in [0.2, 0.25) is 0 Å². The van der Waals surface area contributed by atoms with Crippen LogP contribution in [-0.4, -0.2) is 56.1 Å². The van der Waals surface area contributed by atoms with Crippen molar-refractivity contribution in [3.63, 3.8) is 0 Å². The highest BCUT2D eigenvalue weighted by atomic mass is 16.5. The predicted molar refractivity (Wildman–Crippen MR) is 60.9 cm³/mol. The molecular formula is C10H16N4O2. The second-order valence-corrected chi connectivity index (χ2v) is 3.69. The summed E-state index contributed by atoms with van der Waals surface area (Å²) in [6.45, 7) is 0. The fourth-order valence-corrected chi connectivity index (χ4v) is 1.12. The van der Waals surface area contributed by atoms with Gasteiger partial charge in [0.2, 0.25) is 11.8 Å². The molecule has 0 aliphatic rings. The van der Waals surface area contributed by atoms with E-state index in [-0.39, 0.29) is 11.8 Å². The first kappa shape index (κ1) is 12.2. The van der Waals surface area contributed by atoms with Crippen LogP contribution in [0, 0.1) is 0 Å². The molecule has 0 radical (unpaired) electrons. The van der Waals surface area contributed by atoms with Crippen LogP contribution in [-0.2, 0) is 0 Å². The van der Waals surface area contributed by atoms with Crippen molar-refractivity contribution in [2.45, 2.75) is 0 Å². The van der Waals surface area contributed by atoms with Crippen molar-refractivity contribution in [1.29, 1.82) is 0 Å². The molecule has 1 aromatic heterocycles. The molecule has 0 unspecified atom stereocenters. The van der Waals surface area contributed by atoms with E-state index in [9.17, 15) is 4.79 Å². The Balaban J connectivity index is 3.17. The number of hydrogen-bond acceptors (Lipinski definition) is 5. The molecule has 0 fully saturated rings. The number of aromatic nitrogens is 2. The topological polar surface area (TPSA) is 58.6 Å². The van der Waals surface area contributed by atoms with E-state index in [1.54, 1.807) is 19.0 Å². The Hall–Kier alpha value is -1.85. The third-order valence-corrected chi connectivity index (χ3v) is 1.97. The van der Waals surface area contributed by atoms with Crippen LogP contribution in [0.3, 0.4) is 0 Å². The van der Waals surface area contributed by atoms with E-state index in [0.29, 0.717) is 11.5 Å². The number of carbonyl (C=O) groups is 1. The van der Waals surface area contributed by atoms with Gasteiger partial charge in [0.1, 0.15) is 5.56 Å². The van der Waals surface area contributed by atoms with Crippen molar-refractivity contribution in [3.05, 3.63) is 11.8 Å². The standard InChI is InChI=1S/C10H16N4O2/c1-13(2)9(15)7-6-11-10(14(3)4)12-8(7)16-5/h6H,1-5H3. The Bertz CT molecular complexity index is 390. The minimum absolute atomic E-state index is 0.179. The maximum atomic E-state index is 11.8. The molecule has 0 N–H and O–H groups in total. The van der Waals surface area contributed by atoms with Crippen molar-refractivity contribution in [1.82, 2.24) is 14.9 Å². The minimum atomic E-state index is -0.179. The van der Waals surface area contributed by atoms with Gasteiger partial charge in [0, 0.05) is 34.4 Å². The second-order valence-electron chi connectivity index (χ2n) is 3.69. The van der Waals surface area contributed by atoms with Gasteiger partial charge in [-0.1, -0.05) is 0 Å². The van der Waals surface area contributed by atoms with Crippen molar-refractivity contribution < 1.29 is 9.53 Å². The van der Waals surface area contributed by atoms with Gasteiger partial charge < -0.3 is 14.5 Å². The molecule has 1 aromatic rings. The number of ether oxygens (including phenoxy) is 1. The van der Waals surface area contributed by atoms with E-state index in [1.807, 2.05) is 14.1 Å². The van der Waals surface area contributed by atoms with Crippen LogP contribution in [0.4, 0.5) is 5.95 Å². The SMILES string of the molecule is COc1nc(N(C)C)ncc1C(=O)N(C)C. The minimum Gasteiger partial charge on any atom is -0.480 e. The number of nitrogens with zero attached hydrogens (tertiary/aromatic N) is 4. The van der Waals surface area contributed by atoms with Gasteiger partial charge in [0.25, 0.3) is 5.91 Å². The van der Waals surface area contributed by atoms with E-state index >= 15 is 0 Å². The van der Waals surface area contributed by atoms with Crippen LogP contribution in [0.15, 0.2) is 6.20 Å². The number of rotatable bonds is 3. The Morgan fingerprint density at radius 3 is 2.38 bits per heavy atom. The molecule has 1 heterocycles. The molecule has 6 heteroatoms. The molecule has 1 rings (SSSR count). The molecule has 6 nitrogen and oxygen atoms in total. The van der Waals surface area contributed by atoms with Gasteiger partial charge in [-0.3, -0.25) is 4.79 Å². The lowest BCUT2D eigenvalue weighted by molar-refractivity contribution is 0.0823. The molecular weight excluding hydrogens is 208 g/mol. The molecule has 0 bridgehead atoms. The summed E-state index contributed by atoms with van der Waals surface area (Å²) in [5.41, 5.74) is 0.359. The molecule has 1 amide bonds. The van der Waals surface area contributed by atoms with Crippen LogP contribution in [0.1, 0.15) is 10.4 Å².